The van der Waals surface area contributed by atoms with Crippen LogP contribution in [0.15, 0.2) is 24.3 Å². The maximum Gasteiger partial charge on any atom is 0.335 e. The number of nitrogens with one attached hydrogen (secondary N) is 1. The number of fused-ring (bicyclic) bond motifs is 5. The summed E-state index contributed by atoms with van der Waals surface area (Å²) in [4.78, 5) is 10.8. The summed E-state index contributed by atoms with van der Waals surface area (Å²) in [6, 6.07) is 7.79. The number of carbonyl (C=O) groups is 1. The van der Waals surface area contributed by atoms with E-state index in [-0.39, 0.29) is 0 Å². The molecule has 0 amide bonds. The van der Waals surface area contributed by atoms with Crippen LogP contribution < -0.4 is 5.32 Å². The smallest absolute Gasteiger partial charge is 0.335 e. The monoisotopic (exact) mass is 243 g/mol. The molecule has 4 atom stereocenters. The molecule has 0 radical (unpaired) electrons. The van der Waals surface area contributed by atoms with Crippen molar-refractivity contribution in [3.05, 3.63) is 29.8 Å². The van der Waals surface area contributed by atoms with Crippen molar-refractivity contribution in [1.82, 2.24) is 0 Å². The molecule has 0 aliphatic heterocycles. The zero-order valence-corrected chi connectivity index (χ0v) is 10.2. The summed E-state index contributed by atoms with van der Waals surface area (Å²) >= 11 is 0. The van der Waals surface area contributed by atoms with Crippen LogP contribution in [0.5, 0.6) is 0 Å². The number of hydrogen-bond donors (Lipinski definition) is 2. The predicted octanol–water partition coefficient (Wildman–Crippen LogP) is 2.84. The molecular weight excluding hydrogens is 226 g/mol. The highest BCUT2D eigenvalue weighted by Gasteiger charge is 2.64. The fourth-order valence-corrected chi connectivity index (χ4v) is 4.42. The van der Waals surface area contributed by atoms with Crippen molar-refractivity contribution in [2.45, 2.75) is 25.3 Å². The Kier molecular flexibility index (Phi) is 2.02. The topological polar surface area (TPSA) is 49.3 Å². The van der Waals surface area contributed by atoms with Crippen molar-refractivity contribution in [3.8, 4) is 0 Å². The first-order chi connectivity index (χ1) is 8.74. The maximum absolute atomic E-state index is 10.8. The van der Waals surface area contributed by atoms with Crippen molar-refractivity contribution in [3.63, 3.8) is 0 Å². The zero-order chi connectivity index (χ0) is 12.3. The third kappa shape index (κ3) is 1.39. The summed E-state index contributed by atoms with van der Waals surface area (Å²) in [5, 5.41) is 12.5. The van der Waals surface area contributed by atoms with E-state index in [1.54, 1.807) is 12.1 Å². The third-order valence-corrected chi connectivity index (χ3v) is 5.20. The highest BCUT2D eigenvalue weighted by molar-refractivity contribution is 5.88. The second-order valence-corrected chi connectivity index (χ2v) is 6.04. The molecule has 0 saturated heterocycles. The molecular formula is C15H17NO2. The van der Waals surface area contributed by atoms with Crippen LogP contribution in [0, 0.1) is 23.7 Å². The summed E-state index contributed by atoms with van der Waals surface area (Å²) in [6.45, 7) is 0. The van der Waals surface area contributed by atoms with Crippen molar-refractivity contribution >= 4 is 11.7 Å². The molecule has 3 saturated carbocycles. The Hall–Kier alpha value is -1.51. The van der Waals surface area contributed by atoms with Gasteiger partial charge in [-0.2, -0.15) is 0 Å². The molecule has 3 heteroatoms. The molecule has 4 rings (SSSR count). The van der Waals surface area contributed by atoms with Gasteiger partial charge in [-0.1, -0.05) is 0 Å². The van der Waals surface area contributed by atoms with Crippen LogP contribution in [-0.4, -0.2) is 17.1 Å². The van der Waals surface area contributed by atoms with Gasteiger partial charge in [-0.05, 0) is 67.2 Å². The molecule has 18 heavy (non-hydrogen) atoms. The van der Waals surface area contributed by atoms with Gasteiger partial charge in [0, 0.05) is 11.7 Å². The highest BCUT2D eigenvalue weighted by atomic mass is 16.4. The van der Waals surface area contributed by atoms with Gasteiger partial charge in [0.15, 0.2) is 0 Å². The van der Waals surface area contributed by atoms with E-state index in [0.29, 0.717) is 11.6 Å². The number of carboxylic acids is 1. The Bertz CT molecular complexity index is 480. The quantitative estimate of drug-likeness (QED) is 0.858. The zero-order valence-electron chi connectivity index (χ0n) is 10.2. The normalized spacial score (nSPS) is 39.4. The van der Waals surface area contributed by atoms with Gasteiger partial charge < -0.3 is 10.4 Å². The van der Waals surface area contributed by atoms with E-state index in [9.17, 15) is 4.79 Å². The molecule has 3 aliphatic rings. The van der Waals surface area contributed by atoms with Crippen LogP contribution in [0.2, 0.25) is 0 Å². The maximum atomic E-state index is 10.8. The Morgan fingerprint density at radius 3 is 2.28 bits per heavy atom. The molecule has 3 aliphatic carbocycles. The average molecular weight is 243 g/mol. The van der Waals surface area contributed by atoms with Crippen LogP contribution in [0.4, 0.5) is 5.69 Å². The fourth-order valence-electron chi connectivity index (χ4n) is 4.42. The lowest BCUT2D eigenvalue weighted by Gasteiger charge is -2.11. The van der Waals surface area contributed by atoms with Gasteiger partial charge in [-0.15, -0.1) is 0 Å². The van der Waals surface area contributed by atoms with Gasteiger partial charge in [0.1, 0.15) is 0 Å². The summed E-state index contributed by atoms with van der Waals surface area (Å²) in [5.41, 5.74) is 1.43. The first-order valence-corrected chi connectivity index (χ1v) is 6.84. The summed E-state index contributed by atoms with van der Waals surface area (Å²) < 4.78 is 0. The molecule has 0 heterocycles. The van der Waals surface area contributed by atoms with Gasteiger partial charge in [-0.3, -0.25) is 0 Å². The van der Waals surface area contributed by atoms with E-state index >= 15 is 0 Å². The Morgan fingerprint density at radius 2 is 1.72 bits per heavy atom. The van der Waals surface area contributed by atoms with Crippen molar-refractivity contribution in [1.29, 1.82) is 0 Å². The number of benzene rings is 1. The molecule has 1 aromatic rings. The molecule has 3 fully saturated rings. The van der Waals surface area contributed by atoms with E-state index in [0.717, 1.165) is 29.4 Å². The number of hydrogen-bond acceptors (Lipinski definition) is 2. The first-order valence-electron chi connectivity index (χ1n) is 6.84. The summed E-state index contributed by atoms with van der Waals surface area (Å²) in [5.74, 6) is 2.89. The molecule has 0 spiro atoms. The lowest BCUT2D eigenvalue weighted by atomic mass is 10.0. The van der Waals surface area contributed by atoms with Crippen molar-refractivity contribution in [2.24, 2.45) is 23.7 Å². The first kappa shape index (κ1) is 10.4. The van der Waals surface area contributed by atoms with E-state index in [1.165, 1.54) is 19.3 Å². The van der Waals surface area contributed by atoms with Gasteiger partial charge >= 0.3 is 5.97 Å². The second-order valence-electron chi connectivity index (χ2n) is 6.04. The van der Waals surface area contributed by atoms with E-state index < -0.39 is 5.97 Å². The minimum atomic E-state index is -0.858. The largest absolute Gasteiger partial charge is 0.478 e. The molecule has 2 bridgehead atoms. The van der Waals surface area contributed by atoms with Crippen LogP contribution >= 0.6 is 0 Å². The van der Waals surface area contributed by atoms with E-state index in [4.69, 9.17) is 5.11 Å². The van der Waals surface area contributed by atoms with Gasteiger partial charge in [0.05, 0.1) is 5.56 Å². The lowest BCUT2D eigenvalue weighted by molar-refractivity contribution is 0.0697. The number of carboxylic acid groups (broad SMARTS) is 1. The number of anilines is 1. The van der Waals surface area contributed by atoms with Crippen LogP contribution in [-0.2, 0) is 0 Å². The van der Waals surface area contributed by atoms with Gasteiger partial charge in [-0.25, -0.2) is 4.79 Å². The van der Waals surface area contributed by atoms with Gasteiger partial charge in [0.2, 0.25) is 0 Å². The Morgan fingerprint density at radius 1 is 1.11 bits per heavy atom. The highest BCUT2D eigenvalue weighted by Crippen LogP contribution is 2.66. The predicted molar refractivity (Wildman–Crippen MR) is 68.6 cm³/mol. The molecule has 3 nitrogen and oxygen atoms in total. The lowest BCUT2D eigenvalue weighted by Crippen LogP contribution is -2.12. The standard InChI is InChI=1S/C15H17NO2/c17-15(18)8-3-5-11(6-4-8)16-14-12-9-1-2-10(7-9)13(12)14/h3-6,9-10,12-14,16H,1-2,7H2,(H,17,18). The molecule has 94 valence electrons. The summed E-state index contributed by atoms with van der Waals surface area (Å²) in [6.07, 6.45) is 4.33. The molecule has 1 aromatic carbocycles. The number of rotatable bonds is 3. The SMILES string of the molecule is O=C(O)c1ccc(NC2C3C4CCC(C4)C23)cc1. The third-order valence-electron chi connectivity index (χ3n) is 5.20. The Labute approximate surface area is 106 Å². The van der Waals surface area contributed by atoms with Crippen LogP contribution in [0.3, 0.4) is 0 Å². The fraction of sp³-hybridized carbons (Fsp3) is 0.533. The second kappa shape index (κ2) is 3.50. The minimum absolute atomic E-state index is 0.358. The van der Waals surface area contributed by atoms with Crippen molar-refractivity contribution in [2.75, 3.05) is 5.32 Å². The molecule has 4 unspecified atom stereocenters. The summed E-state index contributed by atoms with van der Waals surface area (Å²) in [7, 11) is 0. The molecule has 0 aromatic heterocycles. The minimum Gasteiger partial charge on any atom is -0.478 e. The van der Waals surface area contributed by atoms with Crippen LogP contribution in [0.1, 0.15) is 29.6 Å². The average Bonchev–Trinajstić information content (AvgIpc) is 2.78. The van der Waals surface area contributed by atoms with E-state index in [1.807, 2.05) is 12.1 Å². The van der Waals surface area contributed by atoms with E-state index in [2.05, 4.69) is 5.32 Å². The van der Waals surface area contributed by atoms with Crippen LogP contribution in [0.25, 0.3) is 0 Å². The number of aromatic carboxylic acids is 1. The van der Waals surface area contributed by atoms with Gasteiger partial charge in [0.25, 0.3) is 0 Å². The van der Waals surface area contributed by atoms with Crippen molar-refractivity contribution < 1.29 is 9.90 Å². The Balaban J connectivity index is 1.46. The molecule has 2 N–H and O–H groups in total.